The van der Waals surface area contributed by atoms with E-state index in [9.17, 15) is 0 Å². The number of likely N-dealkylation sites (tertiary alicyclic amines) is 1. The molecule has 1 aliphatic heterocycles. The summed E-state index contributed by atoms with van der Waals surface area (Å²) >= 11 is 1.84. The molecule has 0 aliphatic carbocycles. The molecule has 0 spiro atoms. The lowest BCUT2D eigenvalue weighted by Crippen LogP contribution is -2.32. The van der Waals surface area contributed by atoms with Gasteiger partial charge in [0, 0.05) is 30.4 Å². The van der Waals surface area contributed by atoms with Crippen LogP contribution in [0.4, 0.5) is 0 Å². The van der Waals surface area contributed by atoms with Gasteiger partial charge in [0.2, 0.25) is 0 Å². The van der Waals surface area contributed by atoms with Crippen molar-refractivity contribution in [1.29, 1.82) is 0 Å². The molecule has 1 aromatic heterocycles. The lowest BCUT2D eigenvalue weighted by atomic mass is 10.0. The van der Waals surface area contributed by atoms with Crippen molar-refractivity contribution in [2.24, 2.45) is 17.6 Å². The first kappa shape index (κ1) is 13.1. The first-order valence-corrected chi connectivity index (χ1v) is 7.99. The van der Waals surface area contributed by atoms with Crippen LogP contribution in [0.2, 0.25) is 0 Å². The number of rotatable bonds is 3. The molecule has 3 atom stereocenters. The topological polar surface area (TPSA) is 29.3 Å². The first-order chi connectivity index (χ1) is 9.20. The van der Waals surface area contributed by atoms with E-state index in [-0.39, 0.29) is 0 Å². The van der Waals surface area contributed by atoms with Gasteiger partial charge < -0.3 is 5.73 Å². The second-order valence-electron chi connectivity index (χ2n) is 5.85. The van der Waals surface area contributed by atoms with Gasteiger partial charge in [-0.05, 0) is 34.2 Å². The summed E-state index contributed by atoms with van der Waals surface area (Å²) < 4.78 is 1.37. The molecule has 3 unspecified atom stereocenters. The Bertz CT molecular complexity index is 553. The molecule has 3 rings (SSSR count). The molecule has 0 bridgehead atoms. The van der Waals surface area contributed by atoms with Gasteiger partial charge in [-0.3, -0.25) is 4.90 Å². The van der Waals surface area contributed by atoms with Crippen molar-refractivity contribution in [3.63, 3.8) is 0 Å². The normalized spacial score (nSPS) is 26.1. The zero-order valence-electron chi connectivity index (χ0n) is 11.7. The van der Waals surface area contributed by atoms with Crippen molar-refractivity contribution in [1.82, 2.24) is 4.90 Å². The molecule has 0 radical (unpaired) electrons. The Morgan fingerprint density at radius 3 is 2.63 bits per heavy atom. The summed E-state index contributed by atoms with van der Waals surface area (Å²) in [5.74, 6) is 1.55. The third kappa shape index (κ3) is 2.31. The summed E-state index contributed by atoms with van der Waals surface area (Å²) in [5.41, 5.74) is 7.51. The number of fused-ring (bicyclic) bond motifs is 1. The van der Waals surface area contributed by atoms with Crippen LogP contribution in [0, 0.1) is 11.8 Å². The van der Waals surface area contributed by atoms with E-state index in [1.165, 1.54) is 28.7 Å². The average molecular weight is 274 g/mol. The summed E-state index contributed by atoms with van der Waals surface area (Å²) in [6.45, 7) is 7.76. The maximum Gasteiger partial charge on any atom is 0.0485 e. The van der Waals surface area contributed by atoms with Crippen LogP contribution in [0.25, 0.3) is 10.1 Å². The highest BCUT2D eigenvalue weighted by Crippen LogP contribution is 2.36. The predicted molar refractivity (Wildman–Crippen MR) is 83.5 cm³/mol. The summed E-state index contributed by atoms with van der Waals surface area (Å²) in [7, 11) is 0. The summed E-state index contributed by atoms with van der Waals surface area (Å²) in [6, 6.07) is 9.05. The molecule has 1 fully saturated rings. The molecule has 19 heavy (non-hydrogen) atoms. The number of benzene rings is 1. The monoisotopic (exact) mass is 274 g/mol. The van der Waals surface area contributed by atoms with Gasteiger partial charge in [-0.2, -0.15) is 0 Å². The van der Waals surface area contributed by atoms with Crippen LogP contribution in [-0.2, 0) is 0 Å². The maximum atomic E-state index is 6.09. The minimum Gasteiger partial charge on any atom is -0.329 e. The van der Waals surface area contributed by atoms with Crippen molar-refractivity contribution < 1.29 is 0 Å². The highest BCUT2D eigenvalue weighted by atomic mass is 32.1. The fraction of sp³-hybridized carbons (Fsp3) is 0.500. The molecule has 3 heteroatoms. The van der Waals surface area contributed by atoms with E-state index < -0.39 is 0 Å². The summed E-state index contributed by atoms with van der Waals surface area (Å²) in [5, 5.41) is 3.69. The number of hydrogen-bond acceptors (Lipinski definition) is 3. The number of nitrogens with zero attached hydrogens (tertiary/aromatic N) is 1. The molecule has 1 aromatic carbocycles. The van der Waals surface area contributed by atoms with Gasteiger partial charge in [0.25, 0.3) is 0 Å². The lowest BCUT2D eigenvalue weighted by molar-refractivity contribution is 0.242. The fourth-order valence-electron chi connectivity index (χ4n) is 3.16. The second-order valence-corrected chi connectivity index (χ2v) is 6.76. The van der Waals surface area contributed by atoms with Crippen LogP contribution in [0.3, 0.4) is 0 Å². The number of thiophene rings is 1. The van der Waals surface area contributed by atoms with Crippen LogP contribution >= 0.6 is 11.3 Å². The van der Waals surface area contributed by atoms with Crippen LogP contribution in [0.1, 0.15) is 25.5 Å². The SMILES string of the molecule is CC1CN(C(CN)c2csc3ccccc23)CC1C. The number of hydrogen-bond donors (Lipinski definition) is 1. The molecule has 1 aliphatic rings. The molecular weight excluding hydrogens is 252 g/mol. The second kappa shape index (κ2) is 5.23. The molecule has 2 aromatic rings. The smallest absolute Gasteiger partial charge is 0.0485 e. The first-order valence-electron chi connectivity index (χ1n) is 7.11. The van der Waals surface area contributed by atoms with Gasteiger partial charge in [0.05, 0.1) is 0 Å². The van der Waals surface area contributed by atoms with Crippen molar-refractivity contribution >= 4 is 21.4 Å². The van der Waals surface area contributed by atoms with Gasteiger partial charge in [-0.1, -0.05) is 32.0 Å². The summed E-state index contributed by atoms with van der Waals surface area (Å²) in [6.07, 6.45) is 0. The zero-order valence-corrected chi connectivity index (χ0v) is 12.5. The third-order valence-electron chi connectivity index (χ3n) is 4.55. The molecule has 2 N–H and O–H groups in total. The lowest BCUT2D eigenvalue weighted by Gasteiger charge is -2.26. The minimum atomic E-state index is 0.378. The van der Waals surface area contributed by atoms with E-state index in [0.717, 1.165) is 11.8 Å². The van der Waals surface area contributed by atoms with Gasteiger partial charge in [0.15, 0.2) is 0 Å². The highest BCUT2D eigenvalue weighted by molar-refractivity contribution is 7.17. The van der Waals surface area contributed by atoms with Gasteiger partial charge in [-0.25, -0.2) is 0 Å². The van der Waals surface area contributed by atoms with Crippen LogP contribution in [0.5, 0.6) is 0 Å². The molecule has 1 saturated heterocycles. The zero-order chi connectivity index (χ0) is 13.4. The predicted octanol–water partition coefficient (Wildman–Crippen LogP) is 3.49. The van der Waals surface area contributed by atoms with Gasteiger partial charge >= 0.3 is 0 Å². The van der Waals surface area contributed by atoms with Crippen LogP contribution < -0.4 is 5.73 Å². The van der Waals surface area contributed by atoms with Crippen molar-refractivity contribution in [2.75, 3.05) is 19.6 Å². The van der Waals surface area contributed by atoms with E-state index in [2.05, 4.69) is 48.4 Å². The van der Waals surface area contributed by atoms with Crippen LogP contribution in [0.15, 0.2) is 29.6 Å². The van der Waals surface area contributed by atoms with Crippen molar-refractivity contribution in [2.45, 2.75) is 19.9 Å². The fourth-order valence-corrected chi connectivity index (χ4v) is 4.17. The Kier molecular flexibility index (Phi) is 3.61. The third-order valence-corrected chi connectivity index (χ3v) is 5.53. The van der Waals surface area contributed by atoms with Crippen LogP contribution in [-0.4, -0.2) is 24.5 Å². The molecule has 102 valence electrons. The molecule has 2 nitrogen and oxygen atoms in total. The van der Waals surface area contributed by atoms with E-state index in [0.29, 0.717) is 12.6 Å². The Labute approximate surface area is 119 Å². The molecule has 2 heterocycles. The van der Waals surface area contributed by atoms with E-state index >= 15 is 0 Å². The molecule has 0 amide bonds. The highest BCUT2D eigenvalue weighted by Gasteiger charge is 2.31. The maximum absolute atomic E-state index is 6.09. The largest absolute Gasteiger partial charge is 0.329 e. The Morgan fingerprint density at radius 1 is 1.26 bits per heavy atom. The molecule has 0 saturated carbocycles. The van der Waals surface area contributed by atoms with Crippen molar-refractivity contribution in [3.8, 4) is 0 Å². The quantitative estimate of drug-likeness (QED) is 0.928. The summed E-state index contributed by atoms with van der Waals surface area (Å²) in [4.78, 5) is 2.57. The van der Waals surface area contributed by atoms with E-state index in [1.54, 1.807) is 0 Å². The Morgan fingerprint density at radius 2 is 1.95 bits per heavy atom. The van der Waals surface area contributed by atoms with Gasteiger partial charge in [0.1, 0.15) is 0 Å². The average Bonchev–Trinajstić information content (AvgIpc) is 2.97. The van der Waals surface area contributed by atoms with Gasteiger partial charge in [-0.15, -0.1) is 11.3 Å². The standard InChI is InChI=1S/C16H22N2S/c1-11-8-18(9-12(11)2)15(7-17)14-10-19-16-6-4-3-5-13(14)16/h3-6,10-12,15H,7-9,17H2,1-2H3. The molecular formula is C16H22N2S. The van der Waals surface area contributed by atoms with Crippen molar-refractivity contribution in [3.05, 3.63) is 35.2 Å². The van der Waals surface area contributed by atoms with E-state index in [1.807, 2.05) is 11.3 Å². The Hall–Kier alpha value is -0.900. The minimum absolute atomic E-state index is 0.378. The van der Waals surface area contributed by atoms with E-state index in [4.69, 9.17) is 5.73 Å². The Balaban J connectivity index is 1.94. The number of nitrogens with two attached hydrogens (primary N) is 1.